The van der Waals surface area contributed by atoms with Crippen molar-refractivity contribution in [2.24, 2.45) is 0 Å². The van der Waals surface area contributed by atoms with Crippen LogP contribution in [0.1, 0.15) is 35.7 Å². The fraction of sp³-hybridized carbons (Fsp3) is 0.235. The van der Waals surface area contributed by atoms with Gasteiger partial charge in [-0.3, -0.25) is 5.32 Å². The van der Waals surface area contributed by atoms with Crippen molar-refractivity contribution in [2.75, 3.05) is 0 Å². The molecule has 2 atom stereocenters. The average Bonchev–Trinajstić information content (AvgIpc) is 2.46. The summed E-state index contributed by atoms with van der Waals surface area (Å²) in [6, 6.07) is 20.4. The first kappa shape index (κ1) is 13.3. The minimum absolute atomic E-state index is 0.144. The number of nitrogens with zero attached hydrogens (tertiary/aromatic N) is 1. The summed E-state index contributed by atoms with van der Waals surface area (Å²) in [6.45, 7) is 4.12. The van der Waals surface area contributed by atoms with Gasteiger partial charge in [-0.05, 0) is 30.5 Å². The normalized spacial score (nSPS) is 13.5. The number of hydrogen-bond acceptors (Lipinski definition) is 2. The molecule has 0 aromatic heterocycles. The molecule has 2 aromatic rings. The second-order valence-electron chi connectivity index (χ2n) is 4.72. The Hall–Kier alpha value is -2.11. The molecular formula is C17H18N2. The molecule has 0 saturated heterocycles. The van der Waals surface area contributed by atoms with Gasteiger partial charge in [0.15, 0.2) is 0 Å². The molecule has 0 fully saturated rings. The molecule has 0 saturated carbocycles. The Labute approximate surface area is 114 Å². The molecule has 2 rings (SSSR count). The van der Waals surface area contributed by atoms with E-state index in [9.17, 15) is 5.26 Å². The van der Waals surface area contributed by atoms with Crippen LogP contribution in [0, 0.1) is 18.3 Å². The highest BCUT2D eigenvalue weighted by molar-refractivity contribution is 5.32. The van der Waals surface area contributed by atoms with E-state index >= 15 is 0 Å². The van der Waals surface area contributed by atoms with E-state index in [1.54, 1.807) is 0 Å². The van der Waals surface area contributed by atoms with Crippen LogP contribution in [-0.4, -0.2) is 0 Å². The summed E-state index contributed by atoms with van der Waals surface area (Å²) < 4.78 is 0. The van der Waals surface area contributed by atoms with Crippen molar-refractivity contribution in [3.05, 3.63) is 71.3 Å². The third kappa shape index (κ3) is 3.21. The third-order valence-electron chi connectivity index (χ3n) is 3.34. The number of aryl methyl sites for hydroxylation is 1. The maximum Gasteiger partial charge on any atom is 0.122 e. The molecule has 2 heteroatoms. The van der Waals surface area contributed by atoms with Crippen LogP contribution >= 0.6 is 0 Å². The van der Waals surface area contributed by atoms with Gasteiger partial charge in [0.2, 0.25) is 0 Å². The van der Waals surface area contributed by atoms with Crippen LogP contribution in [0.15, 0.2) is 54.6 Å². The van der Waals surface area contributed by atoms with Crippen LogP contribution in [0.2, 0.25) is 0 Å². The highest BCUT2D eigenvalue weighted by Gasteiger charge is 2.15. The molecule has 2 nitrogen and oxygen atoms in total. The van der Waals surface area contributed by atoms with Gasteiger partial charge in [-0.1, -0.05) is 54.6 Å². The van der Waals surface area contributed by atoms with Gasteiger partial charge in [0.05, 0.1) is 6.07 Å². The first-order valence-electron chi connectivity index (χ1n) is 6.48. The minimum Gasteiger partial charge on any atom is -0.292 e. The van der Waals surface area contributed by atoms with Crippen LogP contribution < -0.4 is 5.32 Å². The average molecular weight is 250 g/mol. The quantitative estimate of drug-likeness (QED) is 0.893. The molecule has 0 bridgehead atoms. The summed E-state index contributed by atoms with van der Waals surface area (Å²) in [4.78, 5) is 0. The monoisotopic (exact) mass is 250 g/mol. The van der Waals surface area contributed by atoms with Gasteiger partial charge in [0.25, 0.3) is 0 Å². The molecule has 0 aliphatic carbocycles. The SMILES string of the molecule is Cc1ccccc1[C@H](C#N)N[C@H](C)c1ccccc1. The van der Waals surface area contributed by atoms with Gasteiger partial charge < -0.3 is 0 Å². The number of nitriles is 1. The van der Waals surface area contributed by atoms with Crippen molar-refractivity contribution in [2.45, 2.75) is 25.9 Å². The lowest BCUT2D eigenvalue weighted by Crippen LogP contribution is -2.24. The maximum atomic E-state index is 9.39. The molecule has 0 spiro atoms. The Morgan fingerprint density at radius 3 is 2.26 bits per heavy atom. The van der Waals surface area contributed by atoms with E-state index in [0.29, 0.717) is 0 Å². The van der Waals surface area contributed by atoms with E-state index in [-0.39, 0.29) is 12.1 Å². The zero-order valence-electron chi connectivity index (χ0n) is 11.3. The lowest BCUT2D eigenvalue weighted by molar-refractivity contribution is 0.532. The zero-order chi connectivity index (χ0) is 13.7. The van der Waals surface area contributed by atoms with E-state index < -0.39 is 0 Å². The van der Waals surface area contributed by atoms with Crippen LogP contribution in [0.4, 0.5) is 0 Å². The summed E-state index contributed by atoms with van der Waals surface area (Å²) in [5.74, 6) is 0. The van der Waals surface area contributed by atoms with Gasteiger partial charge in [-0.2, -0.15) is 5.26 Å². The van der Waals surface area contributed by atoms with Crippen molar-refractivity contribution in [1.29, 1.82) is 5.26 Å². The Balaban J connectivity index is 2.17. The second-order valence-corrected chi connectivity index (χ2v) is 4.72. The lowest BCUT2D eigenvalue weighted by Gasteiger charge is -2.20. The lowest BCUT2D eigenvalue weighted by atomic mass is 10.0. The number of nitrogens with one attached hydrogen (secondary N) is 1. The molecule has 0 amide bonds. The van der Waals surface area contributed by atoms with Gasteiger partial charge in [0, 0.05) is 6.04 Å². The van der Waals surface area contributed by atoms with E-state index in [1.165, 1.54) is 5.56 Å². The number of hydrogen-bond donors (Lipinski definition) is 1. The Kier molecular flexibility index (Phi) is 4.33. The standard InChI is InChI=1S/C17H18N2/c1-13-8-6-7-11-16(13)17(12-18)19-14(2)15-9-4-3-5-10-15/h3-11,14,17,19H,1-2H3/t14-,17+/m1/s1. The third-order valence-corrected chi connectivity index (χ3v) is 3.34. The van der Waals surface area contributed by atoms with Crippen molar-refractivity contribution >= 4 is 0 Å². The topological polar surface area (TPSA) is 35.8 Å². The Morgan fingerprint density at radius 1 is 1.00 bits per heavy atom. The van der Waals surface area contributed by atoms with Gasteiger partial charge >= 0.3 is 0 Å². The van der Waals surface area contributed by atoms with Crippen molar-refractivity contribution in [3.8, 4) is 6.07 Å². The smallest absolute Gasteiger partial charge is 0.122 e. The minimum atomic E-state index is -0.281. The second kappa shape index (κ2) is 6.17. The van der Waals surface area contributed by atoms with Crippen molar-refractivity contribution in [3.63, 3.8) is 0 Å². The van der Waals surface area contributed by atoms with Gasteiger partial charge in [0.1, 0.15) is 6.04 Å². The Morgan fingerprint density at radius 2 is 1.63 bits per heavy atom. The molecule has 2 aromatic carbocycles. The first-order chi connectivity index (χ1) is 9.22. The van der Waals surface area contributed by atoms with Crippen LogP contribution in [-0.2, 0) is 0 Å². The molecular weight excluding hydrogens is 232 g/mol. The maximum absolute atomic E-state index is 9.39. The highest BCUT2D eigenvalue weighted by Crippen LogP contribution is 2.21. The van der Waals surface area contributed by atoms with E-state index in [0.717, 1.165) is 11.1 Å². The summed E-state index contributed by atoms with van der Waals surface area (Å²) in [5.41, 5.74) is 3.38. The molecule has 0 aliphatic heterocycles. The number of benzene rings is 2. The fourth-order valence-corrected chi connectivity index (χ4v) is 2.20. The van der Waals surface area contributed by atoms with E-state index in [1.807, 2.05) is 49.4 Å². The predicted octanol–water partition coefficient (Wildman–Crippen LogP) is 3.91. The summed E-state index contributed by atoms with van der Waals surface area (Å²) >= 11 is 0. The van der Waals surface area contributed by atoms with E-state index in [4.69, 9.17) is 0 Å². The Bertz CT molecular complexity index is 569. The molecule has 0 heterocycles. The first-order valence-corrected chi connectivity index (χ1v) is 6.48. The summed E-state index contributed by atoms with van der Waals surface area (Å²) in [5, 5.41) is 12.8. The molecule has 19 heavy (non-hydrogen) atoms. The van der Waals surface area contributed by atoms with Crippen LogP contribution in [0.5, 0.6) is 0 Å². The number of rotatable bonds is 4. The molecule has 0 aliphatic rings. The fourth-order valence-electron chi connectivity index (χ4n) is 2.20. The summed E-state index contributed by atoms with van der Waals surface area (Å²) in [7, 11) is 0. The van der Waals surface area contributed by atoms with E-state index in [2.05, 4.69) is 30.4 Å². The van der Waals surface area contributed by atoms with Gasteiger partial charge in [-0.15, -0.1) is 0 Å². The molecule has 0 radical (unpaired) electrons. The zero-order valence-corrected chi connectivity index (χ0v) is 11.3. The molecule has 0 unspecified atom stereocenters. The predicted molar refractivity (Wildman–Crippen MR) is 77.5 cm³/mol. The molecule has 96 valence electrons. The van der Waals surface area contributed by atoms with Crippen molar-refractivity contribution in [1.82, 2.24) is 5.32 Å². The highest BCUT2D eigenvalue weighted by atomic mass is 14.9. The molecule has 1 N–H and O–H groups in total. The van der Waals surface area contributed by atoms with Gasteiger partial charge in [-0.25, -0.2) is 0 Å². The summed E-state index contributed by atoms with van der Waals surface area (Å²) in [6.07, 6.45) is 0. The van der Waals surface area contributed by atoms with Crippen LogP contribution in [0.3, 0.4) is 0 Å². The largest absolute Gasteiger partial charge is 0.292 e. The van der Waals surface area contributed by atoms with Crippen molar-refractivity contribution < 1.29 is 0 Å². The van der Waals surface area contributed by atoms with Crippen LogP contribution in [0.25, 0.3) is 0 Å².